The molecule has 3 rings (SSSR count). The van der Waals surface area contributed by atoms with Crippen LogP contribution in [0.2, 0.25) is 0 Å². The van der Waals surface area contributed by atoms with Gasteiger partial charge in [-0.25, -0.2) is 0 Å². The molecule has 4 nitrogen and oxygen atoms in total. The molecule has 0 unspecified atom stereocenters. The molecule has 0 spiro atoms. The van der Waals surface area contributed by atoms with Crippen LogP contribution in [0.25, 0.3) is 0 Å². The molecular formula is C33H41N3O. The summed E-state index contributed by atoms with van der Waals surface area (Å²) in [4.78, 5) is 13.5. The van der Waals surface area contributed by atoms with Crippen molar-refractivity contribution in [2.24, 2.45) is 11.8 Å². The monoisotopic (exact) mass is 495 g/mol. The largest absolute Gasteiger partial charge is 0.355 e. The Bertz CT molecular complexity index is 1080. The molecule has 0 aromatic heterocycles. The van der Waals surface area contributed by atoms with Crippen molar-refractivity contribution in [1.82, 2.24) is 10.6 Å². The lowest BCUT2D eigenvalue weighted by molar-refractivity contribution is -0.124. The number of hydrogen-bond donors (Lipinski definition) is 2. The highest BCUT2D eigenvalue weighted by molar-refractivity contribution is 5.82. The number of carbonyl (C=O) groups is 1. The lowest BCUT2D eigenvalue weighted by atomic mass is 9.70. The van der Waals surface area contributed by atoms with Gasteiger partial charge in [-0.2, -0.15) is 5.26 Å². The molecule has 3 aromatic rings. The summed E-state index contributed by atoms with van der Waals surface area (Å²) in [6.45, 7) is 8.99. The summed E-state index contributed by atoms with van der Waals surface area (Å²) < 4.78 is 0. The Hall–Kier alpha value is -3.42. The van der Waals surface area contributed by atoms with Crippen molar-refractivity contribution in [3.8, 4) is 6.07 Å². The van der Waals surface area contributed by atoms with E-state index >= 15 is 0 Å². The van der Waals surface area contributed by atoms with Crippen molar-refractivity contribution in [3.05, 3.63) is 108 Å². The minimum absolute atomic E-state index is 0.0121. The lowest BCUT2D eigenvalue weighted by Crippen LogP contribution is -2.49. The molecule has 37 heavy (non-hydrogen) atoms. The van der Waals surface area contributed by atoms with Crippen molar-refractivity contribution in [3.63, 3.8) is 0 Å². The molecule has 0 aliphatic carbocycles. The van der Waals surface area contributed by atoms with E-state index in [1.807, 2.05) is 66.7 Å². The number of hydrogen-bond acceptors (Lipinski definition) is 3. The second-order valence-corrected chi connectivity index (χ2v) is 10.3. The molecule has 194 valence electrons. The molecule has 0 saturated carbocycles. The van der Waals surface area contributed by atoms with E-state index in [-0.39, 0.29) is 29.8 Å². The highest BCUT2D eigenvalue weighted by Gasteiger charge is 2.35. The number of nitrogens with zero attached hydrogens (tertiary/aromatic N) is 1. The Balaban J connectivity index is 1.72. The van der Waals surface area contributed by atoms with Crippen LogP contribution in [0, 0.1) is 23.2 Å². The van der Waals surface area contributed by atoms with Crippen LogP contribution in [0.1, 0.15) is 69.7 Å². The van der Waals surface area contributed by atoms with Gasteiger partial charge in [0.25, 0.3) is 0 Å². The molecule has 3 atom stereocenters. The number of nitrogens with one attached hydrogen (secondary N) is 2. The van der Waals surface area contributed by atoms with Crippen LogP contribution in [0.3, 0.4) is 0 Å². The summed E-state index contributed by atoms with van der Waals surface area (Å²) >= 11 is 0. The third kappa shape index (κ3) is 7.08. The van der Waals surface area contributed by atoms with Gasteiger partial charge in [-0.1, -0.05) is 125 Å². The summed E-state index contributed by atoms with van der Waals surface area (Å²) in [5.41, 5.74) is 2.75. The van der Waals surface area contributed by atoms with Gasteiger partial charge in [-0.3, -0.25) is 10.1 Å². The van der Waals surface area contributed by atoms with Crippen molar-refractivity contribution in [2.75, 3.05) is 6.54 Å². The van der Waals surface area contributed by atoms with E-state index in [1.165, 1.54) is 0 Å². The van der Waals surface area contributed by atoms with Crippen LogP contribution in [-0.2, 0) is 10.2 Å². The predicted molar refractivity (Wildman–Crippen MR) is 152 cm³/mol. The summed E-state index contributed by atoms with van der Waals surface area (Å²) in [7, 11) is 0. The first kappa shape index (κ1) is 28.2. The topological polar surface area (TPSA) is 64.9 Å². The maximum atomic E-state index is 13.5. The number of nitriles is 1. The van der Waals surface area contributed by atoms with Crippen LogP contribution in [0.4, 0.5) is 0 Å². The molecule has 0 radical (unpaired) electrons. The molecule has 3 aromatic carbocycles. The number of benzene rings is 3. The zero-order chi connectivity index (χ0) is 26.7. The smallest absolute Gasteiger partial charge is 0.237 e. The molecule has 0 fully saturated rings. The summed E-state index contributed by atoms with van der Waals surface area (Å²) in [5.74, 6) is 0.341. The predicted octanol–water partition coefficient (Wildman–Crippen LogP) is 6.79. The first-order chi connectivity index (χ1) is 17.9. The standard InChI is InChI=1S/C33H41N3O/c1-5-26(4)30(36-31(27-16-9-6-10-17-27)28-18-11-7-12-19-28)32(37)35-23-15-22-33(24-34,25(2)3)29-20-13-8-14-21-29/h6-14,16-21,25-26,30-31,36H,5,15,22-23H2,1-4H3,(H,35,37)/t26-,30+,33+/m1/s1. The highest BCUT2D eigenvalue weighted by atomic mass is 16.2. The Kier molecular flexibility index (Phi) is 10.5. The summed E-state index contributed by atoms with van der Waals surface area (Å²) in [6, 6.07) is 32.8. The number of carbonyl (C=O) groups excluding carboxylic acids is 1. The van der Waals surface area contributed by atoms with E-state index in [0.29, 0.717) is 13.0 Å². The third-order valence-electron chi connectivity index (χ3n) is 7.63. The zero-order valence-electron chi connectivity index (χ0n) is 22.7. The van der Waals surface area contributed by atoms with Gasteiger partial charge in [0.05, 0.1) is 23.6 Å². The van der Waals surface area contributed by atoms with Crippen LogP contribution < -0.4 is 10.6 Å². The van der Waals surface area contributed by atoms with Crippen LogP contribution in [0.15, 0.2) is 91.0 Å². The first-order valence-corrected chi connectivity index (χ1v) is 13.5. The summed E-state index contributed by atoms with van der Waals surface area (Å²) in [6.07, 6.45) is 2.32. The average molecular weight is 496 g/mol. The molecule has 0 bridgehead atoms. The molecule has 0 saturated heterocycles. The Morgan fingerprint density at radius 1 is 0.865 bits per heavy atom. The first-order valence-electron chi connectivity index (χ1n) is 13.5. The fraction of sp³-hybridized carbons (Fsp3) is 0.394. The minimum Gasteiger partial charge on any atom is -0.355 e. The molecule has 0 aliphatic heterocycles. The highest BCUT2D eigenvalue weighted by Crippen LogP contribution is 2.36. The Morgan fingerprint density at radius 3 is 1.84 bits per heavy atom. The zero-order valence-corrected chi connectivity index (χ0v) is 22.7. The van der Waals surface area contributed by atoms with E-state index in [0.717, 1.165) is 29.5 Å². The molecule has 0 aliphatic rings. The fourth-order valence-corrected chi connectivity index (χ4v) is 5.03. The van der Waals surface area contributed by atoms with E-state index in [1.54, 1.807) is 0 Å². The molecule has 1 amide bonds. The van der Waals surface area contributed by atoms with E-state index in [2.05, 4.69) is 68.7 Å². The van der Waals surface area contributed by atoms with Gasteiger partial charge >= 0.3 is 0 Å². The lowest BCUT2D eigenvalue weighted by Gasteiger charge is -2.32. The van der Waals surface area contributed by atoms with Gasteiger partial charge in [0.15, 0.2) is 0 Å². The number of amides is 1. The maximum Gasteiger partial charge on any atom is 0.237 e. The average Bonchev–Trinajstić information content (AvgIpc) is 2.94. The number of rotatable bonds is 13. The van der Waals surface area contributed by atoms with Crippen LogP contribution in [-0.4, -0.2) is 18.5 Å². The van der Waals surface area contributed by atoms with Gasteiger partial charge in [0, 0.05) is 6.54 Å². The van der Waals surface area contributed by atoms with Crippen molar-refractivity contribution in [2.45, 2.75) is 64.5 Å². The third-order valence-corrected chi connectivity index (χ3v) is 7.63. The van der Waals surface area contributed by atoms with Gasteiger partial charge in [0.1, 0.15) is 0 Å². The van der Waals surface area contributed by atoms with E-state index in [9.17, 15) is 10.1 Å². The van der Waals surface area contributed by atoms with Crippen molar-refractivity contribution >= 4 is 5.91 Å². The van der Waals surface area contributed by atoms with Crippen molar-refractivity contribution < 1.29 is 4.79 Å². The maximum absolute atomic E-state index is 13.5. The molecule has 4 heteroatoms. The van der Waals surface area contributed by atoms with Gasteiger partial charge in [0.2, 0.25) is 5.91 Å². The molecule has 0 heterocycles. The van der Waals surface area contributed by atoms with Crippen LogP contribution in [0.5, 0.6) is 0 Å². The second kappa shape index (κ2) is 13.8. The Morgan fingerprint density at radius 2 is 1.38 bits per heavy atom. The normalized spacial score (nSPS) is 14.5. The van der Waals surface area contributed by atoms with Gasteiger partial charge < -0.3 is 5.32 Å². The fourth-order valence-electron chi connectivity index (χ4n) is 5.03. The van der Waals surface area contributed by atoms with Crippen LogP contribution >= 0.6 is 0 Å². The SMILES string of the molecule is CC[C@@H](C)[C@H](NC(c1ccccc1)c1ccccc1)C(=O)NCCC[C@@](C#N)(c1ccccc1)C(C)C. The quantitative estimate of drug-likeness (QED) is 0.256. The van der Waals surface area contributed by atoms with Gasteiger partial charge in [-0.05, 0) is 41.4 Å². The summed E-state index contributed by atoms with van der Waals surface area (Å²) in [5, 5.41) is 17.0. The molecule has 2 N–H and O–H groups in total. The minimum atomic E-state index is -0.563. The van der Waals surface area contributed by atoms with Crippen molar-refractivity contribution in [1.29, 1.82) is 5.26 Å². The molecular weight excluding hydrogens is 454 g/mol. The van der Waals surface area contributed by atoms with Gasteiger partial charge in [-0.15, -0.1) is 0 Å². The second-order valence-electron chi connectivity index (χ2n) is 10.3. The van der Waals surface area contributed by atoms with E-state index < -0.39 is 5.41 Å². The van der Waals surface area contributed by atoms with E-state index in [4.69, 9.17) is 0 Å². The Labute approximate surface area is 223 Å².